The van der Waals surface area contributed by atoms with E-state index in [0.29, 0.717) is 5.13 Å². The van der Waals surface area contributed by atoms with Crippen LogP contribution in [0, 0.1) is 0 Å². The molecule has 0 aliphatic rings. The summed E-state index contributed by atoms with van der Waals surface area (Å²) in [5.74, 6) is -0.826. The molecule has 0 bridgehead atoms. The third-order valence-electron chi connectivity index (χ3n) is 2.44. The molecule has 2 aromatic rings. The smallest absolute Gasteiger partial charge is 0.341 e. The highest BCUT2D eigenvalue weighted by Gasteiger charge is 2.18. The minimum absolute atomic E-state index is 0.0232. The summed E-state index contributed by atoms with van der Waals surface area (Å²) in [6, 6.07) is 0. The first-order valence-corrected chi connectivity index (χ1v) is 6.52. The van der Waals surface area contributed by atoms with E-state index in [1.165, 1.54) is 23.9 Å². The minimum Gasteiger partial charge on any atom is -0.477 e. The lowest BCUT2D eigenvalue weighted by atomic mass is 9.93. The molecule has 0 saturated carbocycles. The second-order valence-electron chi connectivity index (χ2n) is 5.00. The van der Waals surface area contributed by atoms with E-state index >= 15 is 0 Å². The van der Waals surface area contributed by atoms with Gasteiger partial charge in [-0.15, -0.1) is 11.3 Å². The molecule has 2 N–H and O–H groups in total. The Balaban J connectivity index is 2.27. The first-order valence-electron chi connectivity index (χ1n) is 5.64. The molecule has 0 saturated heterocycles. The molecule has 0 spiro atoms. The van der Waals surface area contributed by atoms with Gasteiger partial charge in [-0.1, -0.05) is 20.8 Å². The van der Waals surface area contributed by atoms with Gasteiger partial charge in [0.15, 0.2) is 5.13 Å². The standard InChI is InChI=1S/C12H14N4O2S/c1-12(2,3)8-5-19-11(15-8)16-9-7(10(17)18)4-13-6-14-9/h4-6H,1-3H3,(H,17,18)(H,13,14,15,16). The van der Waals surface area contributed by atoms with E-state index in [-0.39, 0.29) is 16.8 Å². The molecule has 2 aromatic heterocycles. The molecule has 2 heterocycles. The van der Waals surface area contributed by atoms with Crippen LogP contribution in [0.15, 0.2) is 17.9 Å². The maximum Gasteiger partial charge on any atom is 0.341 e. The number of hydrogen-bond acceptors (Lipinski definition) is 6. The normalized spacial score (nSPS) is 11.3. The molecule has 0 radical (unpaired) electrons. The first kappa shape index (κ1) is 13.4. The summed E-state index contributed by atoms with van der Waals surface area (Å²) >= 11 is 1.42. The fourth-order valence-electron chi connectivity index (χ4n) is 1.36. The van der Waals surface area contributed by atoms with Gasteiger partial charge in [0, 0.05) is 17.0 Å². The van der Waals surface area contributed by atoms with Crippen molar-refractivity contribution in [3.63, 3.8) is 0 Å². The highest BCUT2D eigenvalue weighted by molar-refractivity contribution is 7.13. The zero-order valence-electron chi connectivity index (χ0n) is 10.8. The van der Waals surface area contributed by atoms with Gasteiger partial charge >= 0.3 is 5.97 Å². The first-order chi connectivity index (χ1) is 8.88. The van der Waals surface area contributed by atoms with Crippen LogP contribution in [0.4, 0.5) is 10.9 Å². The highest BCUT2D eigenvalue weighted by Crippen LogP contribution is 2.28. The molecule has 7 heteroatoms. The fraction of sp³-hybridized carbons (Fsp3) is 0.333. The number of rotatable bonds is 3. The van der Waals surface area contributed by atoms with Crippen molar-refractivity contribution < 1.29 is 9.90 Å². The van der Waals surface area contributed by atoms with E-state index in [9.17, 15) is 4.79 Å². The van der Waals surface area contributed by atoms with E-state index in [2.05, 4.69) is 41.0 Å². The molecule has 0 aromatic carbocycles. The van der Waals surface area contributed by atoms with E-state index in [1.807, 2.05) is 5.38 Å². The fourth-order valence-corrected chi connectivity index (χ4v) is 2.30. The lowest BCUT2D eigenvalue weighted by molar-refractivity contribution is 0.0697. The van der Waals surface area contributed by atoms with Crippen LogP contribution in [-0.2, 0) is 5.41 Å². The van der Waals surface area contributed by atoms with Gasteiger partial charge in [-0.05, 0) is 0 Å². The molecule has 19 heavy (non-hydrogen) atoms. The zero-order chi connectivity index (χ0) is 14.0. The maximum atomic E-state index is 11.0. The Kier molecular flexibility index (Phi) is 3.48. The number of thiazole rings is 1. The molecular weight excluding hydrogens is 264 g/mol. The summed E-state index contributed by atoms with van der Waals surface area (Å²) in [6.07, 6.45) is 2.56. The molecule has 0 fully saturated rings. The molecule has 0 unspecified atom stereocenters. The summed E-state index contributed by atoms with van der Waals surface area (Å²) in [5, 5.41) is 14.5. The Labute approximate surface area is 114 Å². The third-order valence-corrected chi connectivity index (χ3v) is 3.20. The van der Waals surface area contributed by atoms with Crippen LogP contribution < -0.4 is 5.32 Å². The van der Waals surface area contributed by atoms with Crippen molar-refractivity contribution in [3.8, 4) is 0 Å². The summed E-state index contributed by atoms with van der Waals surface area (Å²) in [7, 11) is 0. The quantitative estimate of drug-likeness (QED) is 0.897. The van der Waals surface area contributed by atoms with Crippen LogP contribution in [0.5, 0.6) is 0 Å². The molecule has 2 rings (SSSR count). The summed E-state index contributed by atoms with van der Waals surface area (Å²) in [5.41, 5.74) is 0.929. The van der Waals surface area contributed by atoms with Gasteiger partial charge in [-0.25, -0.2) is 19.7 Å². The second kappa shape index (κ2) is 4.93. The van der Waals surface area contributed by atoms with Gasteiger partial charge in [-0.2, -0.15) is 0 Å². The zero-order valence-corrected chi connectivity index (χ0v) is 11.7. The van der Waals surface area contributed by atoms with Gasteiger partial charge in [-0.3, -0.25) is 0 Å². The van der Waals surface area contributed by atoms with Crippen molar-refractivity contribution in [2.75, 3.05) is 5.32 Å². The molecule has 0 aliphatic carbocycles. The number of anilines is 2. The second-order valence-corrected chi connectivity index (χ2v) is 5.86. The number of nitrogens with zero attached hydrogens (tertiary/aromatic N) is 3. The van der Waals surface area contributed by atoms with Crippen LogP contribution in [0.3, 0.4) is 0 Å². The molecule has 0 atom stereocenters. The predicted molar refractivity (Wildman–Crippen MR) is 73.1 cm³/mol. The molecule has 6 nitrogen and oxygen atoms in total. The SMILES string of the molecule is CC(C)(C)c1csc(Nc2ncncc2C(=O)O)n1. The van der Waals surface area contributed by atoms with Crippen LogP contribution in [0.1, 0.15) is 36.8 Å². The highest BCUT2D eigenvalue weighted by atomic mass is 32.1. The van der Waals surface area contributed by atoms with Crippen LogP contribution in [0.2, 0.25) is 0 Å². The van der Waals surface area contributed by atoms with Crippen LogP contribution >= 0.6 is 11.3 Å². The summed E-state index contributed by atoms with van der Waals surface area (Å²) < 4.78 is 0. The van der Waals surface area contributed by atoms with E-state index in [0.717, 1.165) is 5.69 Å². The van der Waals surface area contributed by atoms with E-state index < -0.39 is 5.97 Å². The van der Waals surface area contributed by atoms with Crippen LogP contribution in [0.25, 0.3) is 0 Å². The van der Waals surface area contributed by atoms with Gasteiger partial charge in [0.1, 0.15) is 17.7 Å². The van der Waals surface area contributed by atoms with Gasteiger partial charge < -0.3 is 10.4 Å². The third kappa shape index (κ3) is 3.05. The number of carboxylic acid groups (broad SMARTS) is 1. The summed E-state index contributed by atoms with van der Waals surface area (Å²) in [6.45, 7) is 6.21. The molecule has 0 amide bonds. The van der Waals surface area contributed by atoms with Crippen molar-refractivity contribution in [3.05, 3.63) is 29.2 Å². The molecular formula is C12H14N4O2S. The van der Waals surface area contributed by atoms with Crippen molar-refractivity contribution in [1.29, 1.82) is 0 Å². The lowest BCUT2D eigenvalue weighted by Crippen LogP contribution is -2.11. The number of nitrogens with one attached hydrogen (secondary N) is 1. The molecule has 100 valence electrons. The Bertz CT molecular complexity index is 604. The van der Waals surface area contributed by atoms with Crippen LogP contribution in [-0.4, -0.2) is 26.0 Å². The number of aromatic nitrogens is 3. The topological polar surface area (TPSA) is 88.0 Å². The average Bonchev–Trinajstić information content (AvgIpc) is 2.77. The number of carbonyl (C=O) groups is 1. The van der Waals surface area contributed by atoms with Crippen molar-refractivity contribution in [1.82, 2.24) is 15.0 Å². The number of aromatic carboxylic acids is 1. The average molecular weight is 278 g/mol. The Morgan fingerprint density at radius 1 is 1.42 bits per heavy atom. The van der Waals surface area contributed by atoms with Gasteiger partial charge in [0.05, 0.1) is 5.69 Å². The summed E-state index contributed by atoms with van der Waals surface area (Å²) in [4.78, 5) is 23.1. The maximum absolute atomic E-state index is 11.0. The van der Waals surface area contributed by atoms with Gasteiger partial charge in [0.2, 0.25) is 0 Å². The minimum atomic E-state index is -1.07. The van der Waals surface area contributed by atoms with E-state index in [4.69, 9.17) is 5.11 Å². The Hall–Kier alpha value is -2.02. The molecule has 0 aliphatic heterocycles. The number of hydrogen-bond donors (Lipinski definition) is 2. The van der Waals surface area contributed by atoms with E-state index in [1.54, 1.807) is 0 Å². The van der Waals surface area contributed by atoms with Crippen molar-refractivity contribution in [2.24, 2.45) is 0 Å². The largest absolute Gasteiger partial charge is 0.477 e. The van der Waals surface area contributed by atoms with Crippen molar-refractivity contribution in [2.45, 2.75) is 26.2 Å². The van der Waals surface area contributed by atoms with Gasteiger partial charge in [0.25, 0.3) is 0 Å². The Morgan fingerprint density at radius 3 is 2.74 bits per heavy atom. The number of carboxylic acids is 1. The Morgan fingerprint density at radius 2 is 2.16 bits per heavy atom. The van der Waals surface area contributed by atoms with Crippen molar-refractivity contribution >= 4 is 28.3 Å². The lowest BCUT2D eigenvalue weighted by Gasteiger charge is -2.14. The predicted octanol–water partition coefficient (Wildman–Crippen LogP) is 2.67. The monoisotopic (exact) mass is 278 g/mol.